The Morgan fingerprint density at radius 2 is 1.30 bits per heavy atom. The fraction of sp³-hybridized carbons (Fsp3) is 0.306. The molecule has 327 valence electrons. The number of hydrogen-bond donors (Lipinski definition) is 3. The maximum absolute atomic E-state index is 10.5. The van der Waals surface area contributed by atoms with Crippen molar-refractivity contribution in [3.8, 4) is 0 Å². The van der Waals surface area contributed by atoms with Gasteiger partial charge in [-0.3, -0.25) is 14.5 Å². The summed E-state index contributed by atoms with van der Waals surface area (Å²) >= 11 is 0. The summed E-state index contributed by atoms with van der Waals surface area (Å²) in [5, 5.41) is 3.39. The first-order valence-electron chi connectivity index (χ1n) is 20.6. The molecule has 2 unspecified atom stereocenters. The number of rotatable bonds is 5. The molecule has 0 amide bonds. The second-order valence-electron chi connectivity index (χ2n) is 15.3. The number of carbonyl (C=O) groups excluding carboxylic acids is 4. The Labute approximate surface area is 398 Å². The number of benzene rings is 4. The average Bonchev–Trinajstić information content (AvgIpc) is 4.15. The van der Waals surface area contributed by atoms with Crippen LogP contribution >= 0.6 is 0 Å². The van der Waals surface area contributed by atoms with Crippen molar-refractivity contribution in [2.24, 2.45) is 0 Å². The van der Waals surface area contributed by atoms with Crippen LogP contribution in [0.4, 0.5) is 0 Å². The molecule has 2 aromatic heterocycles. The van der Waals surface area contributed by atoms with Crippen molar-refractivity contribution in [2.45, 2.75) is 65.7 Å². The molecule has 3 N–H and O–H groups in total. The number of hydrogen-bond acceptors (Lipinski definition) is 11. The number of aromatic amines is 2. The van der Waals surface area contributed by atoms with Crippen LogP contribution < -0.4 is 34.9 Å². The molecule has 0 bridgehead atoms. The summed E-state index contributed by atoms with van der Waals surface area (Å²) in [6.07, 6.45) is 13.3. The number of aldehydes is 1. The van der Waals surface area contributed by atoms with E-state index < -0.39 is 17.9 Å². The molecule has 3 radical (unpaired) electrons. The standard InChI is InChI=1S/C21H21N3.C11H13N3.C10H8O.C4H6O4.C2H3BO2.CH4.Na/c1-2-4-19-15(3-1)5-6-18(19)13-24-10-9-17(12-24)16-7-8-20-21(11-16)23-14-22-20;1-2-10-11(14-7-13-10)5-8(1)9-3-4-12-6-9;11-7-9-6-5-8-3-1-2-4-10(8)9;1-3(5)7-8-4(2)6;1-2(4)5-3;;/h1-4,6-8,11,14,17H,5,9-10,12-13H2,(H,22,23);1-2,5,7,9,12H,3-4,6H2,(H,13,14);1-4,6-7H,5H2;1-2H3;1H3;1H4;/q;;;;-1;;+1. The molecule has 6 aromatic rings. The van der Waals surface area contributed by atoms with E-state index in [2.05, 4.69) is 125 Å². The van der Waals surface area contributed by atoms with Gasteiger partial charge in [0.05, 0.1) is 34.7 Å². The molecule has 15 heteroatoms. The van der Waals surface area contributed by atoms with Gasteiger partial charge < -0.3 is 28.0 Å². The zero-order valence-electron chi connectivity index (χ0n) is 36.3. The molecule has 4 aromatic carbocycles. The van der Waals surface area contributed by atoms with Gasteiger partial charge in [-0.25, -0.2) is 29.3 Å². The first-order valence-corrected chi connectivity index (χ1v) is 20.6. The Hall–Kier alpha value is -5.64. The fourth-order valence-corrected chi connectivity index (χ4v) is 7.89. The first-order chi connectivity index (χ1) is 30.1. The van der Waals surface area contributed by atoms with Gasteiger partial charge in [0.2, 0.25) is 5.97 Å². The second-order valence-corrected chi connectivity index (χ2v) is 15.3. The van der Waals surface area contributed by atoms with Crippen molar-refractivity contribution in [3.63, 3.8) is 0 Å². The summed E-state index contributed by atoms with van der Waals surface area (Å²) in [6.45, 7) is 9.20. The van der Waals surface area contributed by atoms with Gasteiger partial charge in [-0.05, 0) is 114 Å². The average molecular weight is 874 g/mol. The largest absolute Gasteiger partial charge is 1.00 e. The monoisotopic (exact) mass is 873 g/mol. The van der Waals surface area contributed by atoms with Crippen LogP contribution in [0.15, 0.2) is 110 Å². The zero-order chi connectivity index (χ0) is 43.8. The summed E-state index contributed by atoms with van der Waals surface area (Å²) in [7, 11) is 4.32. The number of nitrogens with zero attached hydrogens (tertiary/aromatic N) is 3. The zero-order valence-corrected chi connectivity index (χ0v) is 38.3. The molecule has 13 nitrogen and oxygen atoms in total. The van der Waals surface area contributed by atoms with Gasteiger partial charge in [-0.2, -0.15) is 0 Å². The molecule has 0 spiro atoms. The Balaban J connectivity index is 0.000000193. The topological polar surface area (TPSA) is 169 Å². The van der Waals surface area contributed by atoms with Crippen LogP contribution in [0.1, 0.15) is 86.3 Å². The van der Waals surface area contributed by atoms with E-state index in [4.69, 9.17) is 0 Å². The molecule has 0 saturated carbocycles. The number of imidazole rings is 2. The van der Waals surface area contributed by atoms with Crippen molar-refractivity contribution in [1.29, 1.82) is 0 Å². The van der Waals surface area contributed by atoms with Crippen LogP contribution in [0.25, 0.3) is 33.2 Å². The van der Waals surface area contributed by atoms with Crippen LogP contribution in [-0.2, 0) is 46.4 Å². The van der Waals surface area contributed by atoms with Crippen molar-refractivity contribution in [3.05, 3.63) is 143 Å². The number of fused-ring (bicyclic) bond motifs is 4. The first kappa shape index (κ1) is 51.0. The van der Waals surface area contributed by atoms with Crippen LogP contribution in [0.5, 0.6) is 0 Å². The molecule has 2 aliphatic carbocycles. The second kappa shape index (κ2) is 25.6. The third-order valence-electron chi connectivity index (χ3n) is 10.9. The molecule has 64 heavy (non-hydrogen) atoms. The van der Waals surface area contributed by atoms with E-state index in [9.17, 15) is 19.2 Å². The minimum absolute atomic E-state index is 0. The Morgan fingerprint density at radius 1 is 0.750 bits per heavy atom. The molecule has 10 rings (SSSR count). The maximum atomic E-state index is 10.5. The van der Waals surface area contributed by atoms with Gasteiger partial charge in [-0.15, -0.1) is 0 Å². The number of aromatic nitrogens is 4. The van der Waals surface area contributed by atoms with Crippen LogP contribution in [0.3, 0.4) is 0 Å². The minimum atomic E-state index is -0.639. The Kier molecular flexibility index (Phi) is 20.4. The van der Waals surface area contributed by atoms with Crippen molar-refractivity contribution in [2.75, 3.05) is 32.7 Å². The van der Waals surface area contributed by atoms with E-state index in [1.165, 1.54) is 59.7 Å². The molecule has 4 aliphatic rings. The summed E-state index contributed by atoms with van der Waals surface area (Å²) in [4.78, 5) is 64.8. The molecular formula is C49H55BN6NaO7. The van der Waals surface area contributed by atoms with Crippen molar-refractivity contribution >= 4 is 65.5 Å². The van der Waals surface area contributed by atoms with Crippen LogP contribution in [-0.4, -0.2) is 89.8 Å². The smallest absolute Gasteiger partial charge is 0.793 e. The third kappa shape index (κ3) is 14.4. The third-order valence-corrected chi connectivity index (χ3v) is 10.9. The fourth-order valence-electron chi connectivity index (χ4n) is 7.89. The number of H-pyrrole nitrogens is 2. The number of likely N-dealkylation sites (tertiary alicyclic amines) is 1. The minimum Gasteiger partial charge on any atom is -0.793 e. The van der Waals surface area contributed by atoms with Gasteiger partial charge in [0.1, 0.15) is 6.29 Å². The summed E-state index contributed by atoms with van der Waals surface area (Å²) < 4.78 is 3.61. The van der Waals surface area contributed by atoms with E-state index in [0.717, 1.165) is 92.4 Å². The van der Waals surface area contributed by atoms with Crippen molar-refractivity contribution in [1.82, 2.24) is 30.2 Å². The van der Waals surface area contributed by atoms with Gasteiger partial charge >= 0.3 is 41.5 Å². The molecular weight excluding hydrogens is 818 g/mol. The Bertz CT molecular complexity index is 2530. The molecule has 2 aliphatic heterocycles. The van der Waals surface area contributed by atoms with Crippen LogP contribution in [0, 0.1) is 0 Å². The number of carbonyl (C=O) groups is 4. The van der Waals surface area contributed by atoms with Gasteiger partial charge in [0, 0.05) is 46.0 Å². The van der Waals surface area contributed by atoms with Crippen LogP contribution in [0.2, 0.25) is 0 Å². The summed E-state index contributed by atoms with van der Waals surface area (Å²) in [6, 6.07) is 30.0. The van der Waals surface area contributed by atoms with E-state index in [0.29, 0.717) is 11.8 Å². The SMILES string of the molecule is C.C1=C(CN2CCC(c3ccc4nc[nH]c4c3)C2)c2ccccc2C1.CC(=O)OOC(C)=O.O=CC1=CCc2ccccc21.[B-]OC(C)=O.[Na+].c1nc2ccc(C3CCNC3)cc2[nH]1. The Morgan fingerprint density at radius 3 is 1.84 bits per heavy atom. The predicted octanol–water partition coefficient (Wildman–Crippen LogP) is 4.76. The van der Waals surface area contributed by atoms with E-state index in [1.54, 1.807) is 12.7 Å². The predicted molar refractivity (Wildman–Crippen MR) is 246 cm³/mol. The maximum Gasteiger partial charge on any atom is 1.00 e. The van der Waals surface area contributed by atoms with E-state index >= 15 is 0 Å². The number of allylic oxidation sites excluding steroid dienone is 3. The van der Waals surface area contributed by atoms with E-state index in [-0.39, 0.29) is 37.0 Å². The van der Waals surface area contributed by atoms with E-state index in [1.807, 2.05) is 24.3 Å². The molecule has 2 fully saturated rings. The summed E-state index contributed by atoms with van der Waals surface area (Å²) in [5.41, 5.74) is 14.9. The normalized spacial score (nSPS) is 16.4. The molecule has 2 saturated heterocycles. The van der Waals surface area contributed by atoms with Gasteiger partial charge in [0.15, 0.2) is 0 Å². The molecule has 2 atom stereocenters. The van der Waals surface area contributed by atoms with Crippen molar-refractivity contribution < 1.29 is 63.2 Å². The summed E-state index contributed by atoms with van der Waals surface area (Å²) in [5.74, 6) is -0.428. The van der Waals surface area contributed by atoms with Gasteiger partial charge in [-0.1, -0.05) is 80.2 Å². The quantitative estimate of drug-likeness (QED) is 0.0946. The number of nitrogens with one attached hydrogen (secondary N) is 3. The van der Waals surface area contributed by atoms with Gasteiger partial charge in [0.25, 0.3) is 0 Å². The molecule has 4 heterocycles.